The summed E-state index contributed by atoms with van der Waals surface area (Å²) in [5.74, 6) is 0. The molecular formula is C14H12N2. The number of allylic oxidation sites excluding steroid dienone is 3. The maximum absolute atomic E-state index is 8.73. The predicted octanol–water partition coefficient (Wildman–Crippen LogP) is 2.91. The molecule has 16 heavy (non-hydrogen) atoms. The van der Waals surface area contributed by atoms with Crippen molar-refractivity contribution in [3.05, 3.63) is 65.9 Å². The van der Waals surface area contributed by atoms with Crippen LogP contribution in [-0.2, 0) is 0 Å². The highest BCUT2D eigenvalue weighted by Gasteiger charge is 2.10. The van der Waals surface area contributed by atoms with E-state index >= 15 is 0 Å². The second-order valence-corrected chi connectivity index (χ2v) is 3.65. The molecule has 0 fully saturated rings. The maximum atomic E-state index is 8.73. The molecule has 0 bridgehead atoms. The third kappa shape index (κ3) is 1.76. The molecule has 2 rings (SSSR count). The van der Waals surface area contributed by atoms with E-state index in [1.807, 2.05) is 54.4 Å². The first kappa shape index (κ1) is 10.3. The second-order valence-electron chi connectivity index (χ2n) is 3.65. The van der Waals surface area contributed by atoms with E-state index in [0.717, 1.165) is 17.0 Å². The normalized spacial score (nSPS) is 14.6. The highest BCUT2D eigenvalue weighted by molar-refractivity contribution is 5.69. The summed E-state index contributed by atoms with van der Waals surface area (Å²) in [5, 5.41) is 8.73. The lowest BCUT2D eigenvalue weighted by molar-refractivity contribution is 0.615. The van der Waals surface area contributed by atoms with Gasteiger partial charge in [0.15, 0.2) is 0 Å². The van der Waals surface area contributed by atoms with Crippen LogP contribution in [0.2, 0.25) is 0 Å². The van der Waals surface area contributed by atoms with Crippen molar-refractivity contribution in [3.8, 4) is 6.07 Å². The van der Waals surface area contributed by atoms with E-state index in [-0.39, 0.29) is 0 Å². The van der Waals surface area contributed by atoms with Crippen LogP contribution in [0, 0.1) is 11.3 Å². The van der Waals surface area contributed by atoms with Crippen molar-refractivity contribution in [2.24, 2.45) is 0 Å². The minimum absolute atomic E-state index is 0.678. The van der Waals surface area contributed by atoms with Gasteiger partial charge in [-0.1, -0.05) is 24.8 Å². The van der Waals surface area contributed by atoms with Crippen molar-refractivity contribution >= 4 is 5.70 Å². The first-order valence-corrected chi connectivity index (χ1v) is 5.04. The van der Waals surface area contributed by atoms with Crippen molar-refractivity contribution in [1.29, 1.82) is 5.26 Å². The smallest absolute Gasteiger partial charge is 0.0991 e. The lowest BCUT2D eigenvalue weighted by atomic mass is 10.1. The van der Waals surface area contributed by atoms with Gasteiger partial charge in [0.05, 0.1) is 11.6 Å². The molecule has 0 spiro atoms. The first-order chi connectivity index (χ1) is 7.72. The zero-order chi connectivity index (χ0) is 11.5. The Balaban J connectivity index is 2.38. The lowest BCUT2D eigenvalue weighted by Crippen LogP contribution is -2.16. The molecule has 0 radical (unpaired) electrons. The van der Waals surface area contributed by atoms with Crippen LogP contribution in [0.3, 0.4) is 0 Å². The summed E-state index contributed by atoms with van der Waals surface area (Å²) < 4.78 is 0. The van der Waals surface area contributed by atoms with E-state index in [1.165, 1.54) is 0 Å². The fraction of sp³-hybridized carbons (Fsp3) is 0.0714. The quantitative estimate of drug-likeness (QED) is 0.709. The topological polar surface area (TPSA) is 27.0 Å². The molecule has 1 aromatic carbocycles. The average Bonchev–Trinajstić information content (AvgIpc) is 2.33. The number of nitrogens with zero attached hydrogens (tertiary/aromatic N) is 2. The molecule has 0 saturated heterocycles. The molecule has 0 saturated carbocycles. The molecule has 0 atom stereocenters. The van der Waals surface area contributed by atoms with E-state index in [2.05, 4.69) is 12.6 Å². The zero-order valence-corrected chi connectivity index (χ0v) is 9.14. The number of hydrogen-bond donors (Lipinski definition) is 0. The van der Waals surface area contributed by atoms with Gasteiger partial charge in [0.2, 0.25) is 0 Å². The highest BCUT2D eigenvalue weighted by Crippen LogP contribution is 2.25. The summed E-state index contributed by atoms with van der Waals surface area (Å²) in [5.41, 5.74) is 3.82. The molecular weight excluding hydrogens is 196 g/mol. The Morgan fingerprint density at radius 2 is 1.94 bits per heavy atom. The van der Waals surface area contributed by atoms with Gasteiger partial charge in [-0.15, -0.1) is 0 Å². The molecule has 78 valence electrons. The van der Waals surface area contributed by atoms with Crippen LogP contribution in [-0.4, -0.2) is 11.9 Å². The molecule has 1 aliphatic rings. The van der Waals surface area contributed by atoms with Gasteiger partial charge in [-0.2, -0.15) is 5.26 Å². The van der Waals surface area contributed by atoms with Gasteiger partial charge >= 0.3 is 0 Å². The summed E-state index contributed by atoms with van der Waals surface area (Å²) in [4.78, 5) is 2.03. The third-order valence-corrected chi connectivity index (χ3v) is 2.64. The molecule has 1 aliphatic heterocycles. The Bertz CT molecular complexity index is 513. The summed E-state index contributed by atoms with van der Waals surface area (Å²) >= 11 is 0. The monoisotopic (exact) mass is 208 g/mol. The van der Waals surface area contributed by atoms with Crippen molar-refractivity contribution in [2.45, 2.75) is 0 Å². The summed E-state index contributed by atoms with van der Waals surface area (Å²) in [6.45, 7) is 3.95. The minimum atomic E-state index is 0.678. The minimum Gasteiger partial charge on any atom is -0.345 e. The van der Waals surface area contributed by atoms with Crippen molar-refractivity contribution in [2.75, 3.05) is 7.05 Å². The number of hydrogen-bond acceptors (Lipinski definition) is 2. The number of nitriles is 1. The summed E-state index contributed by atoms with van der Waals surface area (Å²) in [7, 11) is 1.98. The van der Waals surface area contributed by atoms with Gasteiger partial charge in [-0.25, -0.2) is 0 Å². The van der Waals surface area contributed by atoms with Gasteiger partial charge in [0.1, 0.15) is 0 Å². The van der Waals surface area contributed by atoms with Crippen molar-refractivity contribution in [3.63, 3.8) is 0 Å². The number of benzene rings is 1. The molecule has 2 nitrogen and oxygen atoms in total. The van der Waals surface area contributed by atoms with Crippen LogP contribution in [0.4, 0.5) is 0 Å². The first-order valence-electron chi connectivity index (χ1n) is 5.04. The van der Waals surface area contributed by atoms with Crippen LogP contribution in [0.25, 0.3) is 5.70 Å². The lowest BCUT2D eigenvalue weighted by Gasteiger charge is -2.25. The Kier molecular flexibility index (Phi) is 2.61. The molecule has 0 N–H and O–H groups in total. The Morgan fingerprint density at radius 3 is 2.56 bits per heavy atom. The Labute approximate surface area is 95.4 Å². The number of rotatable bonds is 1. The van der Waals surface area contributed by atoms with Gasteiger partial charge in [-0.3, -0.25) is 0 Å². The molecule has 2 heteroatoms. The fourth-order valence-corrected chi connectivity index (χ4v) is 1.63. The van der Waals surface area contributed by atoms with E-state index in [9.17, 15) is 0 Å². The maximum Gasteiger partial charge on any atom is 0.0991 e. The Morgan fingerprint density at radius 1 is 1.25 bits per heavy atom. The molecule has 0 aliphatic carbocycles. The molecule has 1 heterocycles. The van der Waals surface area contributed by atoms with Crippen LogP contribution >= 0.6 is 0 Å². The van der Waals surface area contributed by atoms with Crippen molar-refractivity contribution in [1.82, 2.24) is 4.90 Å². The van der Waals surface area contributed by atoms with E-state index in [1.54, 1.807) is 0 Å². The van der Waals surface area contributed by atoms with Gasteiger partial charge in [0, 0.05) is 18.4 Å². The third-order valence-electron chi connectivity index (χ3n) is 2.64. The second kappa shape index (κ2) is 4.08. The highest BCUT2D eigenvalue weighted by atomic mass is 15.1. The summed E-state index contributed by atoms with van der Waals surface area (Å²) in [6, 6.07) is 9.66. The zero-order valence-electron chi connectivity index (χ0n) is 9.14. The largest absolute Gasteiger partial charge is 0.345 e. The van der Waals surface area contributed by atoms with Gasteiger partial charge in [0.25, 0.3) is 0 Å². The van der Waals surface area contributed by atoms with Gasteiger partial charge in [-0.05, 0) is 29.8 Å². The summed E-state index contributed by atoms with van der Waals surface area (Å²) in [6.07, 6.45) is 5.99. The SMILES string of the molecule is C=C1C=CC=C(c2ccc(C#N)cc2)N1C. The van der Waals surface area contributed by atoms with Gasteiger partial charge < -0.3 is 4.90 Å². The molecule has 0 aromatic heterocycles. The van der Waals surface area contributed by atoms with Crippen LogP contribution in [0.15, 0.2) is 54.8 Å². The average molecular weight is 208 g/mol. The van der Waals surface area contributed by atoms with E-state index in [0.29, 0.717) is 5.56 Å². The van der Waals surface area contributed by atoms with E-state index < -0.39 is 0 Å². The Hall–Kier alpha value is -2.27. The van der Waals surface area contributed by atoms with E-state index in [4.69, 9.17) is 5.26 Å². The number of likely N-dealkylation sites (N-methyl/N-ethyl adjacent to an activating group) is 1. The predicted molar refractivity (Wildman–Crippen MR) is 65.2 cm³/mol. The fourth-order valence-electron chi connectivity index (χ4n) is 1.63. The van der Waals surface area contributed by atoms with Crippen LogP contribution < -0.4 is 0 Å². The molecule has 0 unspecified atom stereocenters. The molecule has 1 aromatic rings. The van der Waals surface area contributed by atoms with Crippen LogP contribution in [0.1, 0.15) is 11.1 Å². The standard InChI is InChI=1S/C14H12N2/c1-11-4-3-5-14(16(11)2)13-8-6-12(10-15)7-9-13/h3-9H,1H2,2H3. The molecule has 0 amide bonds. The van der Waals surface area contributed by atoms with Crippen molar-refractivity contribution < 1.29 is 0 Å². The van der Waals surface area contributed by atoms with Crippen LogP contribution in [0.5, 0.6) is 0 Å².